The molecule has 2 heteroatoms. The van der Waals surface area contributed by atoms with Crippen LogP contribution in [0.5, 0.6) is 0 Å². The molecule has 1 saturated heterocycles. The van der Waals surface area contributed by atoms with E-state index in [0.717, 1.165) is 19.6 Å². The lowest BCUT2D eigenvalue weighted by Crippen LogP contribution is -2.39. The Hall–Kier alpha value is -1.02. The van der Waals surface area contributed by atoms with E-state index in [0.29, 0.717) is 0 Å². The highest BCUT2D eigenvalue weighted by Crippen LogP contribution is 2.16. The SMILES string of the molecule is Cc1ccc(N2[CH]CNCC2)cc1. The Balaban J connectivity index is 2.10. The van der Waals surface area contributed by atoms with Gasteiger partial charge in [-0.2, -0.15) is 0 Å². The summed E-state index contributed by atoms with van der Waals surface area (Å²) in [6.45, 7) is 7.45. The number of hydrogen-bond donors (Lipinski definition) is 1. The summed E-state index contributed by atoms with van der Waals surface area (Å²) in [6, 6.07) is 8.67. The molecule has 0 amide bonds. The smallest absolute Gasteiger partial charge is 0.0630 e. The number of nitrogens with one attached hydrogen (secondary N) is 1. The predicted octanol–water partition coefficient (Wildman–Crippen LogP) is 1.57. The molecule has 1 aromatic carbocycles. The minimum Gasteiger partial charge on any atom is -0.364 e. The van der Waals surface area contributed by atoms with Crippen LogP contribution in [0.2, 0.25) is 0 Å². The summed E-state index contributed by atoms with van der Waals surface area (Å²) in [5, 5.41) is 3.30. The zero-order chi connectivity index (χ0) is 9.10. The molecule has 1 N–H and O–H groups in total. The quantitative estimate of drug-likeness (QED) is 0.697. The number of aryl methyl sites for hydroxylation is 1. The first-order valence-corrected chi connectivity index (χ1v) is 4.73. The molecular weight excluding hydrogens is 160 g/mol. The summed E-state index contributed by atoms with van der Waals surface area (Å²) >= 11 is 0. The summed E-state index contributed by atoms with van der Waals surface area (Å²) < 4.78 is 0. The van der Waals surface area contributed by atoms with Crippen molar-refractivity contribution < 1.29 is 0 Å². The van der Waals surface area contributed by atoms with Gasteiger partial charge in [0.15, 0.2) is 0 Å². The van der Waals surface area contributed by atoms with Crippen LogP contribution in [0.25, 0.3) is 0 Å². The molecule has 0 atom stereocenters. The van der Waals surface area contributed by atoms with Crippen molar-refractivity contribution in [3.8, 4) is 0 Å². The van der Waals surface area contributed by atoms with Crippen molar-refractivity contribution in [3.05, 3.63) is 36.4 Å². The van der Waals surface area contributed by atoms with Gasteiger partial charge in [-0.15, -0.1) is 0 Å². The van der Waals surface area contributed by atoms with E-state index in [1.54, 1.807) is 0 Å². The van der Waals surface area contributed by atoms with Crippen molar-refractivity contribution in [2.24, 2.45) is 0 Å². The van der Waals surface area contributed by atoms with E-state index >= 15 is 0 Å². The first kappa shape index (κ1) is 8.57. The summed E-state index contributed by atoms with van der Waals surface area (Å²) in [4.78, 5) is 2.30. The van der Waals surface area contributed by atoms with Gasteiger partial charge in [0.2, 0.25) is 0 Å². The van der Waals surface area contributed by atoms with E-state index < -0.39 is 0 Å². The third-order valence-electron chi connectivity index (χ3n) is 2.35. The average Bonchev–Trinajstić information content (AvgIpc) is 2.20. The molecule has 0 unspecified atom stereocenters. The molecule has 13 heavy (non-hydrogen) atoms. The molecule has 2 nitrogen and oxygen atoms in total. The molecule has 0 aromatic heterocycles. The largest absolute Gasteiger partial charge is 0.364 e. The third kappa shape index (κ3) is 2.01. The fourth-order valence-corrected chi connectivity index (χ4v) is 1.54. The van der Waals surface area contributed by atoms with Crippen LogP contribution >= 0.6 is 0 Å². The monoisotopic (exact) mass is 175 g/mol. The van der Waals surface area contributed by atoms with Gasteiger partial charge in [0.25, 0.3) is 0 Å². The third-order valence-corrected chi connectivity index (χ3v) is 2.35. The molecule has 1 radical (unpaired) electrons. The van der Waals surface area contributed by atoms with E-state index in [9.17, 15) is 0 Å². The fourth-order valence-electron chi connectivity index (χ4n) is 1.54. The Kier molecular flexibility index (Phi) is 2.50. The Morgan fingerprint density at radius 1 is 1.23 bits per heavy atom. The van der Waals surface area contributed by atoms with E-state index in [4.69, 9.17) is 0 Å². The van der Waals surface area contributed by atoms with Gasteiger partial charge in [-0.1, -0.05) is 17.7 Å². The topological polar surface area (TPSA) is 15.3 Å². The molecule has 1 heterocycles. The summed E-state index contributed by atoms with van der Waals surface area (Å²) in [7, 11) is 0. The highest BCUT2D eigenvalue weighted by molar-refractivity contribution is 5.49. The first-order valence-electron chi connectivity index (χ1n) is 4.73. The van der Waals surface area contributed by atoms with Crippen molar-refractivity contribution >= 4 is 5.69 Å². The average molecular weight is 175 g/mol. The van der Waals surface area contributed by atoms with Crippen LogP contribution in [-0.4, -0.2) is 19.6 Å². The maximum atomic E-state index is 3.30. The summed E-state index contributed by atoms with van der Waals surface area (Å²) in [6.07, 6.45) is 0. The minimum atomic E-state index is 0.980. The lowest BCUT2D eigenvalue weighted by molar-refractivity contribution is 0.640. The van der Waals surface area contributed by atoms with Gasteiger partial charge in [-0.05, 0) is 19.1 Å². The second-order valence-corrected chi connectivity index (χ2v) is 3.42. The normalized spacial score (nSPS) is 17.5. The van der Waals surface area contributed by atoms with Gasteiger partial charge in [-0.3, -0.25) is 0 Å². The standard InChI is InChI=1S/C11H15N2/c1-10-2-4-11(5-3-10)13-8-6-12-7-9-13/h2-5,8,12H,6-7,9H2,1H3. The van der Waals surface area contributed by atoms with Crippen LogP contribution in [0.1, 0.15) is 5.56 Å². The molecule has 2 rings (SSSR count). The van der Waals surface area contributed by atoms with Crippen molar-refractivity contribution in [2.75, 3.05) is 24.5 Å². The second kappa shape index (κ2) is 3.79. The van der Waals surface area contributed by atoms with Crippen molar-refractivity contribution in [3.63, 3.8) is 0 Å². The zero-order valence-electron chi connectivity index (χ0n) is 7.96. The van der Waals surface area contributed by atoms with Crippen LogP contribution in [-0.2, 0) is 0 Å². The molecule has 0 aliphatic carbocycles. The number of anilines is 1. The van der Waals surface area contributed by atoms with E-state index in [2.05, 4.69) is 48.0 Å². The number of piperazine rings is 1. The predicted molar refractivity (Wildman–Crippen MR) is 55.7 cm³/mol. The van der Waals surface area contributed by atoms with Gasteiger partial charge in [0.05, 0.1) is 6.54 Å². The zero-order valence-corrected chi connectivity index (χ0v) is 7.96. The van der Waals surface area contributed by atoms with Crippen LogP contribution in [0.3, 0.4) is 0 Å². The van der Waals surface area contributed by atoms with Crippen molar-refractivity contribution in [2.45, 2.75) is 6.92 Å². The highest BCUT2D eigenvalue weighted by atomic mass is 15.2. The lowest BCUT2D eigenvalue weighted by atomic mass is 10.2. The van der Waals surface area contributed by atoms with E-state index in [-0.39, 0.29) is 0 Å². The molecule has 0 spiro atoms. The fraction of sp³-hybridized carbons (Fsp3) is 0.364. The van der Waals surface area contributed by atoms with Crippen molar-refractivity contribution in [1.29, 1.82) is 0 Å². The van der Waals surface area contributed by atoms with Gasteiger partial charge in [0, 0.05) is 25.3 Å². The van der Waals surface area contributed by atoms with Gasteiger partial charge < -0.3 is 10.2 Å². The molecule has 1 aliphatic heterocycles. The summed E-state index contributed by atoms with van der Waals surface area (Å²) in [5.74, 6) is 0. The second-order valence-electron chi connectivity index (χ2n) is 3.42. The van der Waals surface area contributed by atoms with Crippen LogP contribution < -0.4 is 10.2 Å². The van der Waals surface area contributed by atoms with Gasteiger partial charge in [-0.25, -0.2) is 0 Å². The number of rotatable bonds is 1. The maximum absolute atomic E-state index is 3.30. The Labute approximate surface area is 79.6 Å². The first-order chi connectivity index (χ1) is 6.36. The molecule has 0 saturated carbocycles. The van der Waals surface area contributed by atoms with Crippen LogP contribution in [0, 0.1) is 13.5 Å². The highest BCUT2D eigenvalue weighted by Gasteiger charge is 2.09. The van der Waals surface area contributed by atoms with Gasteiger partial charge >= 0.3 is 0 Å². The Bertz CT molecular complexity index is 260. The van der Waals surface area contributed by atoms with Gasteiger partial charge in [0.1, 0.15) is 0 Å². The molecule has 1 aromatic rings. The van der Waals surface area contributed by atoms with E-state index in [1.807, 2.05) is 0 Å². The van der Waals surface area contributed by atoms with Crippen LogP contribution in [0.15, 0.2) is 24.3 Å². The van der Waals surface area contributed by atoms with Crippen molar-refractivity contribution in [1.82, 2.24) is 5.32 Å². The molecule has 1 fully saturated rings. The number of hydrogen-bond acceptors (Lipinski definition) is 2. The maximum Gasteiger partial charge on any atom is 0.0630 e. The number of benzene rings is 1. The van der Waals surface area contributed by atoms with Crippen LogP contribution in [0.4, 0.5) is 5.69 Å². The molecule has 0 bridgehead atoms. The lowest BCUT2D eigenvalue weighted by Gasteiger charge is -2.28. The Morgan fingerprint density at radius 3 is 2.62 bits per heavy atom. The molecule has 1 aliphatic rings. The Morgan fingerprint density at radius 2 is 2.00 bits per heavy atom. The summed E-state index contributed by atoms with van der Waals surface area (Å²) in [5.41, 5.74) is 2.62. The number of nitrogens with zero attached hydrogens (tertiary/aromatic N) is 1. The molecule has 69 valence electrons. The van der Waals surface area contributed by atoms with E-state index in [1.165, 1.54) is 11.3 Å². The molecular formula is C11H15N2. The minimum absolute atomic E-state index is 0.980.